The van der Waals surface area contributed by atoms with Crippen LogP contribution in [-0.2, 0) is 16.0 Å². The number of amides is 2. The van der Waals surface area contributed by atoms with Crippen molar-refractivity contribution in [3.63, 3.8) is 0 Å². The number of hydrogen-bond acceptors (Lipinski definition) is 7. The van der Waals surface area contributed by atoms with Crippen molar-refractivity contribution < 1.29 is 24.2 Å². The van der Waals surface area contributed by atoms with Gasteiger partial charge in [0.25, 0.3) is 11.4 Å². The number of nitrogens with one attached hydrogen (secondary N) is 1. The molecule has 2 rings (SSSR count). The van der Waals surface area contributed by atoms with Gasteiger partial charge in [0.2, 0.25) is 5.91 Å². The van der Waals surface area contributed by atoms with Crippen molar-refractivity contribution in [3.05, 3.63) is 37.9 Å². The minimum Gasteiger partial charge on any atom is -0.444 e. The van der Waals surface area contributed by atoms with E-state index in [1.165, 1.54) is 11.0 Å². The molecule has 1 aliphatic heterocycles. The van der Waals surface area contributed by atoms with Crippen LogP contribution in [0.2, 0.25) is 0 Å². The first kappa shape index (κ1) is 22.1. The largest absolute Gasteiger partial charge is 0.444 e. The number of carbonyl (C=O) groups excluding carboxylic acids is 2. The average Bonchev–Trinajstić information content (AvgIpc) is 3.00. The smallest absolute Gasteiger partial charge is 0.408 e. The van der Waals surface area contributed by atoms with Gasteiger partial charge in [0.05, 0.1) is 15.9 Å². The van der Waals surface area contributed by atoms with Crippen LogP contribution in [0.4, 0.5) is 21.9 Å². The molecule has 1 N–H and O–H groups in total. The monoisotopic (exact) mass is 408 g/mol. The van der Waals surface area contributed by atoms with Crippen molar-refractivity contribution in [2.24, 2.45) is 5.92 Å². The molecule has 0 fully saturated rings. The second kappa shape index (κ2) is 8.02. The van der Waals surface area contributed by atoms with E-state index in [1.807, 2.05) is 0 Å². The summed E-state index contributed by atoms with van der Waals surface area (Å²) in [6, 6.07) is 1.10. The second-order valence-corrected chi connectivity index (χ2v) is 8.09. The highest BCUT2D eigenvalue weighted by Gasteiger charge is 2.39. The third-order valence-corrected chi connectivity index (χ3v) is 4.31. The highest BCUT2D eigenvalue weighted by molar-refractivity contribution is 6.02. The Bertz CT molecular complexity index is 861. The number of anilines is 1. The molecule has 0 saturated carbocycles. The number of ether oxygens (including phenoxy) is 1. The topological polar surface area (TPSA) is 145 Å². The number of nitro groups is 2. The Labute approximate surface area is 167 Å². The van der Waals surface area contributed by atoms with Gasteiger partial charge in [-0.2, -0.15) is 0 Å². The molecule has 1 aromatic rings. The van der Waals surface area contributed by atoms with Gasteiger partial charge in [-0.25, -0.2) is 4.79 Å². The molecule has 0 aromatic heterocycles. The number of fused-ring (bicyclic) bond motifs is 1. The summed E-state index contributed by atoms with van der Waals surface area (Å²) >= 11 is 0. The molecule has 0 saturated heterocycles. The van der Waals surface area contributed by atoms with E-state index in [2.05, 4.69) is 5.32 Å². The number of carbonyl (C=O) groups is 2. The summed E-state index contributed by atoms with van der Waals surface area (Å²) in [6.07, 6.45) is -0.539. The van der Waals surface area contributed by atoms with Gasteiger partial charge in [-0.05, 0) is 38.7 Å². The van der Waals surface area contributed by atoms with Crippen molar-refractivity contribution in [1.82, 2.24) is 5.32 Å². The average molecular weight is 408 g/mol. The van der Waals surface area contributed by atoms with Crippen molar-refractivity contribution in [3.8, 4) is 0 Å². The van der Waals surface area contributed by atoms with E-state index in [1.54, 1.807) is 34.6 Å². The van der Waals surface area contributed by atoms with Gasteiger partial charge < -0.3 is 15.0 Å². The zero-order valence-corrected chi connectivity index (χ0v) is 16.9. The van der Waals surface area contributed by atoms with E-state index in [0.717, 1.165) is 6.07 Å². The van der Waals surface area contributed by atoms with Crippen molar-refractivity contribution >= 4 is 29.1 Å². The molecule has 0 bridgehead atoms. The Morgan fingerprint density at radius 2 is 1.79 bits per heavy atom. The molecule has 2 amide bonds. The zero-order chi connectivity index (χ0) is 22.1. The lowest BCUT2D eigenvalue weighted by atomic mass is 10.0. The molecule has 29 heavy (non-hydrogen) atoms. The quantitative estimate of drug-likeness (QED) is 0.582. The first-order chi connectivity index (χ1) is 13.3. The standard InChI is InChI=1S/C18H24N4O7/c1-10(2)14(19-17(24)29-18(3,4)5)16(23)20-7-6-11-8-12(21(25)26)9-13(15(11)20)22(27)28/h8-10,14H,6-7H2,1-5H3,(H,19,24)/t14-/m0/s1. The number of nitrogens with zero attached hydrogens (tertiary/aromatic N) is 3. The van der Waals surface area contributed by atoms with Crippen LogP contribution in [0.5, 0.6) is 0 Å². The molecule has 0 unspecified atom stereocenters. The fourth-order valence-corrected chi connectivity index (χ4v) is 3.09. The molecule has 1 heterocycles. The van der Waals surface area contributed by atoms with Gasteiger partial charge in [-0.1, -0.05) is 13.8 Å². The van der Waals surface area contributed by atoms with Gasteiger partial charge >= 0.3 is 6.09 Å². The number of hydrogen-bond donors (Lipinski definition) is 1. The Morgan fingerprint density at radius 1 is 1.17 bits per heavy atom. The van der Waals surface area contributed by atoms with Gasteiger partial charge in [-0.3, -0.25) is 25.0 Å². The van der Waals surface area contributed by atoms with E-state index in [4.69, 9.17) is 4.74 Å². The van der Waals surface area contributed by atoms with E-state index in [9.17, 15) is 29.8 Å². The van der Waals surface area contributed by atoms with Crippen LogP contribution in [0.1, 0.15) is 40.2 Å². The molecular formula is C18H24N4O7. The van der Waals surface area contributed by atoms with Crippen LogP contribution in [0.15, 0.2) is 12.1 Å². The third-order valence-electron chi connectivity index (χ3n) is 4.31. The van der Waals surface area contributed by atoms with Crippen LogP contribution < -0.4 is 10.2 Å². The van der Waals surface area contributed by atoms with E-state index >= 15 is 0 Å². The highest BCUT2D eigenvalue weighted by atomic mass is 16.6. The Morgan fingerprint density at radius 3 is 2.28 bits per heavy atom. The minimum atomic E-state index is -0.981. The zero-order valence-electron chi connectivity index (χ0n) is 16.9. The molecule has 0 spiro atoms. The number of nitro benzene ring substituents is 2. The van der Waals surface area contributed by atoms with Crippen LogP contribution in [0.25, 0.3) is 0 Å². The normalized spacial score (nSPS) is 14.3. The predicted octanol–water partition coefficient (Wildman–Crippen LogP) is 2.94. The lowest BCUT2D eigenvalue weighted by molar-refractivity contribution is -0.393. The van der Waals surface area contributed by atoms with Crippen molar-refractivity contribution in [2.45, 2.75) is 52.7 Å². The maximum Gasteiger partial charge on any atom is 0.408 e. The summed E-state index contributed by atoms with van der Waals surface area (Å²) in [5.74, 6) is -0.863. The van der Waals surface area contributed by atoms with Crippen LogP contribution in [0, 0.1) is 26.1 Å². The molecule has 0 radical (unpaired) electrons. The predicted molar refractivity (Wildman–Crippen MR) is 104 cm³/mol. The first-order valence-corrected chi connectivity index (χ1v) is 9.08. The van der Waals surface area contributed by atoms with Crippen molar-refractivity contribution in [1.29, 1.82) is 0 Å². The number of alkyl carbamates (subject to hydrolysis) is 1. The Balaban J connectivity index is 2.38. The van der Waals surface area contributed by atoms with Gasteiger partial charge in [0.1, 0.15) is 17.3 Å². The van der Waals surface area contributed by atoms with Crippen LogP contribution in [0.3, 0.4) is 0 Å². The second-order valence-electron chi connectivity index (χ2n) is 8.09. The van der Waals surface area contributed by atoms with E-state index in [-0.39, 0.29) is 24.6 Å². The molecule has 11 heteroatoms. The van der Waals surface area contributed by atoms with Crippen LogP contribution >= 0.6 is 0 Å². The van der Waals surface area contributed by atoms with Gasteiger partial charge in [-0.15, -0.1) is 0 Å². The maximum absolute atomic E-state index is 13.1. The molecule has 1 atom stereocenters. The van der Waals surface area contributed by atoms with Crippen LogP contribution in [-0.4, -0.2) is 40.0 Å². The summed E-state index contributed by atoms with van der Waals surface area (Å²) in [6.45, 7) is 8.63. The first-order valence-electron chi connectivity index (χ1n) is 9.08. The fourth-order valence-electron chi connectivity index (χ4n) is 3.09. The fraction of sp³-hybridized carbons (Fsp3) is 0.556. The Kier molecular flexibility index (Phi) is 6.10. The minimum absolute atomic E-state index is 0.0299. The molecule has 158 valence electrons. The summed E-state index contributed by atoms with van der Waals surface area (Å²) in [5, 5.41) is 25.1. The lowest BCUT2D eigenvalue weighted by Gasteiger charge is -2.28. The number of rotatable bonds is 5. The molecule has 0 aliphatic carbocycles. The molecule has 1 aromatic carbocycles. The van der Waals surface area contributed by atoms with Gasteiger partial charge in [0.15, 0.2) is 0 Å². The molecule has 1 aliphatic rings. The summed E-state index contributed by atoms with van der Waals surface area (Å²) in [5.41, 5.74) is -1.30. The summed E-state index contributed by atoms with van der Waals surface area (Å²) in [4.78, 5) is 47.6. The summed E-state index contributed by atoms with van der Waals surface area (Å²) < 4.78 is 5.20. The Hall–Kier alpha value is -3.24. The summed E-state index contributed by atoms with van der Waals surface area (Å²) in [7, 11) is 0. The number of benzene rings is 1. The molecular weight excluding hydrogens is 384 g/mol. The lowest BCUT2D eigenvalue weighted by Crippen LogP contribution is -2.52. The van der Waals surface area contributed by atoms with Crippen molar-refractivity contribution in [2.75, 3.05) is 11.4 Å². The SMILES string of the molecule is CC(C)[C@H](NC(=O)OC(C)(C)C)C(=O)N1CCc2cc([N+](=O)[O-])cc([N+](=O)[O-])c21. The maximum atomic E-state index is 13.1. The van der Waals surface area contributed by atoms with E-state index in [0.29, 0.717) is 5.56 Å². The number of non-ortho nitro benzene ring substituents is 1. The third kappa shape index (κ3) is 4.98. The molecule has 11 nitrogen and oxygen atoms in total. The highest BCUT2D eigenvalue weighted by Crippen LogP contribution is 2.40. The van der Waals surface area contributed by atoms with Gasteiger partial charge in [0, 0.05) is 12.6 Å². The van der Waals surface area contributed by atoms with E-state index < -0.39 is 44.9 Å².